The number of amides is 2. The van der Waals surface area contributed by atoms with E-state index in [-0.39, 0.29) is 18.1 Å². The van der Waals surface area contributed by atoms with E-state index in [1.54, 1.807) is 35.3 Å². The molecular formula is C17H21N5O4. The molecule has 26 heavy (non-hydrogen) atoms. The van der Waals surface area contributed by atoms with Gasteiger partial charge in [-0.15, -0.1) is 0 Å². The molecule has 9 heteroatoms. The number of nitrogens with one attached hydrogen (secondary N) is 1. The average molecular weight is 359 g/mol. The van der Waals surface area contributed by atoms with Crippen molar-refractivity contribution in [3.05, 3.63) is 42.5 Å². The number of aromatic nitrogens is 3. The topological polar surface area (TPSA) is 121 Å². The Kier molecular flexibility index (Phi) is 5.80. The van der Waals surface area contributed by atoms with Crippen LogP contribution in [0.1, 0.15) is 23.2 Å². The summed E-state index contributed by atoms with van der Waals surface area (Å²) in [6.07, 6.45) is 3.67. The van der Waals surface area contributed by atoms with Crippen LogP contribution in [0.2, 0.25) is 0 Å². The van der Waals surface area contributed by atoms with Crippen molar-refractivity contribution in [1.82, 2.24) is 20.1 Å². The fourth-order valence-corrected chi connectivity index (χ4v) is 2.71. The first-order chi connectivity index (χ1) is 12.6. The van der Waals surface area contributed by atoms with E-state index in [4.69, 9.17) is 15.2 Å². The number of carbonyl (C=O) groups excluding carboxylic acids is 2. The van der Waals surface area contributed by atoms with Gasteiger partial charge in [0.25, 0.3) is 0 Å². The minimum absolute atomic E-state index is 0.0786. The third-order valence-corrected chi connectivity index (χ3v) is 4.11. The van der Waals surface area contributed by atoms with Crippen molar-refractivity contribution in [2.45, 2.75) is 31.5 Å². The van der Waals surface area contributed by atoms with Gasteiger partial charge in [-0.2, -0.15) is 5.10 Å². The van der Waals surface area contributed by atoms with Gasteiger partial charge in [-0.1, -0.05) is 0 Å². The quantitative estimate of drug-likeness (QED) is 0.724. The van der Waals surface area contributed by atoms with Gasteiger partial charge in [-0.25, -0.2) is 4.98 Å². The number of carbonyl (C=O) groups is 2. The average Bonchev–Trinajstić information content (AvgIpc) is 3.16. The molecule has 1 saturated heterocycles. The summed E-state index contributed by atoms with van der Waals surface area (Å²) in [6.45, 7) is 1.41. The summed E-state index contributed by atoms with van der Waals surface area (Å²) in [7, 11) is 0. The van der Waals surface area contributed by atoms with Crippen LogP contribution in [0.3, 0.4) is 0 Å². The number of aryl methyl sites for hydroxylation is 1. The first-order valence-corrected chi connectivity index (χ1v) is 8.38. The van der Waals surface area contributed by atoms with Gasteiger partial charge >= 0.3 is 0 Å². The number of hydrogen-bond donors (Lipinski definition) is 2. The highest BCUT2D eigenvalue weighted by atomic mass is 16.5. The van der Waals surface area contributed by atoms with E-state index in [2.05, 4.69) is 15.4 Å². The maximum atomic E-state index is 12.2. The second-order valence-electron chi connectivity index (χ2n) is 5.99. The summed E-state index contributed by atoms with van der Waals surface area (Å²) < 4.78 is 13.0. The Hall–Kier alpha value is -2.94. The van der Waals surface area contributed by atoms with Gasteiger partial charge in [-0.05, 0) is 30.7 Å². The number of ether oxygens (including phenoxy) is 2. The van der Waals surface area contributed by atoms with E-state index in [1.165, 1.54) is 6.33 Å². The lowest BCUT2D eigenvalue weighted by atomic mass is 10.1. The van der Waals surface area contributed by atoms with Crippen molar-refractivity contribution in [2.24, 2.45) is 5.73 Å². The molecule has 3 rings (SSSR count). The number of rotatable bonds is 7. The highest BCUT2D eigenvalue weighted by Crippen LogP contribution is 2.18. The predicted molar refractivity (Wildman–Crippen MR) is 91.4 cm³/mol. The molecule has 0 aliphatic carbocycles. The Labute approximate surface area is 150 Å². The van der Waals surface area contributed by atoms with Gasteiger partial charge in [0.1, 0.15) is 24.5 Å². The van der Waals surface area contributed by atoms with E-state index in [0.29, 0.717) is 43.9 Å². The maximum absolute atomic E-state index is 12.2. The molecule has 2 atom stereocenters. The summed E-state index contributed by atoms with van der Waals surface area (Å²) in [6, 6.07) is 6.42. The number of nitrogens with zero attached hydrogens (tertiary/aromatic N) is 3. The summed E-state index contributed by atoms with van der Waals surface area (Å²) in [5.74, 6) is 0.0208. The Bertz CT molecular complexity index is 732. The summed E-state index contributed by atoms with van der Waals surface area (Å²) in [5, 5.41) is 6.97. The minimum Gasteiger partial charge on any atom is -0.486 e. The van der Waals surface area contributed by atoms with Gasteiger partial charge in [0, 0.05) is 18.6 Å². The Morgan fingerprint density at radius 2 is 2.15 bits per heavy atom. The normalized spacial score (nSPS) is 19.7. The van der Waals surface area contributed by atoms with Crippen LogP contribution in [-0.2, 0) is 16.1 Å². The van der Waals surface area contributed by atoms with Crippen molar-refractivity contribution in [1.29, 1.82) is 0 Å². The fourth-order valence-electron chi connectivity index (χ4n) is 2.71. The smallest absolute Gasteiger partial charge is 0.248 e. The fraction of sp³-hybridized carbons (Fsp3) is 0.412. The zero-order chi connectivity index (χ0) is 18.4. The number of nitrogens with two attached hydrogens (primary N) is 1. The third-order valence-electron chi connectivity index (χ3n) is 4.11. The Morgan fingerprint density at radius 3 is 2.85 bits per heavy atom. The molecule has 0 radical (unpaired) electrons. The van der Waals surface area contributed by atoms with Crippen LogP contribution in [0.5, 0.6) is 5.75 Å². The summed E-state index contributed by atoms with van der Waals surface area (Å²) >= 11 is 0. The number of benzene rings is 1. The highest BCUT2D eigenvalue weighted by Gasteiger charge is 2.29. The molecule has 0 bridgehead atoms. The van der Waals surface area contributed by atoms with E-state index < -0.39 is 5.91 Å². The van der Waals surface area contributed by atoms with Crippen LogP contribution in [-0.4, -0.2) is 51.9 Å². The molecule has 2 amide bonds. The van der Waals surface area contributed by atoms with Crippen LogP contribution < -0.4 is 15.8 Å². The third kappa shape index (κ3) is 4.79. The van der Waals surface area contributed by atoms with Crippen molar-refractivity contribution in [3.63, 3.8) is 0 Å². The highest BCUT2D eigenvalue weighted by molar-refractivity contribution is 5.92. The Balaban J connectivity index is 1.55. The van der Waals surface area contributed by atoms with Crippen LogP contribution in [0.15, 0.2) is 36.9 Å². The largest absolute Gasteiger partial charge is 0.486 e. The van der Waals surface area contributed by atoms with Gasteiger partial charge < -0.3 is 20.5 Å². The van der Waals surface area contributed by atoms with Gasteiger partial charge in [-0.3, -0.25) is 14.3 Å². The van der Waals surface area contributed by atoms with Crippen LogP contribution in [0.4, 0.5) is 0 Å². The van der Waals surface area contributed by atoms with Crippen molar-refractivity contribution in [2.75, 3.05) is 13.2 Å². The van der Waals surface area contributed by atoms with Crippen molar-refractivity contribution >= 4 is 11.8 Å². The van der Waals surface area contributed by atoms with Gasteiger partial charge in [0.15, 0.2) is 0 Å². The monoisotopic (exact) mass is 359 g/mol. The summed E-state index contributed by atoms with van der Waals surface area (Å²) in [4.78, 5) is 27.2. The van der Waals surface area contributed by atoms with Gasteiger partial charge in [0.05, 0.1) is 19.2 Å². The first kappa shape index (κ1) is 17.9. The molecule has 9 nitrogen and oxygen atoms in total. The maximum Gasteiger partial charge on any atom is 0.248 e. The van der Waals surface area contributed by atoms with E-state index in [0.717, 1.165) is 0 Å². The van der Waals surface area contributed by atoms with Crippen molar-refractivity contribution < 1.29 is 19.1 Å². The number of primary amides is 1. The van der Waals surface area contributed by atoms with Crippen molar-refractivity contribution in [3.8, 4) is 5.75 Å². The zero-order valence-corrected chi connectivity index (χ0v) is 14.2. The Morgan fingerprint density at radius 1 is 1.35 bits per heavy atom. The van der Waals surface area contributed by atoms with Crippen LogP contribution in [0, 0.1) is 0 Å². The molecule has 0 unspecified atom stereocenters. The van der Waals surface area contributed by atoms with Crippen LogP contribution >= 0.6 is 0 Å². The standard InChI is InChI=1S/C17H21N5O4/c18-17(24)12-1-3-13(4-2-12)26-15-9-25-8-6-14(15)21-16(23)5-7-22-11-19-10-20-22/h1-4,10-11,14-15H,5-9H2,(H2,18,24)(H,21,23)/t14-,15-/m1/s1. The lowest BCUT2D eigenvalue weighted by Gasteiger charge is -2.32. The summed E-state index contributed by atoms with van der Waals surface area (Å²) in [5.41, 5.74) is 5.64. The van der Waals surface area contributed by atoms with Crippen LogP contribution in [0.25, 0.3) is 0 Å². The van der Waals surface area contributed by atoms with E-state index >= 15 is 0 Å². The molecule has 1 fully saturated rings. The van der Waals surface area contributed by atoms with E-state index in [9.17, 15) is 9.59 Å². The zero-order valence-electron chi connectivity index (χ0n) is 14.2. The molecular weight excluding hydrogens is 338 g/mol. The second kappa shape index (κ2) is 8.43. The number of hydrogen-bond acceptors (Lipinski definition) is 6. The lowest BCUT2D eigenvalue weighted by molar-refractivity contribution is -0.124. The molecule has 0 saturated carbocycles. The predicted octanol–water partition coefficient (Wildman–Crippen LogP) is 0.120. The molecule has 3 N–H and O–H groups in total. The molecule has 0 spiro atoms. The van der Waals surface area contributed by atoms with E-state index in [1.807, 2.05) is 0 Å². The SMILES string of the molecule is NC(=O)c1ccc(O[C@@H]2COCC[C@H]2NC(=O)CCn2cncn2)cc1. The molecule has 1 aliphatic heterocycles. The first-order valence-electron chi connectivity index (χ1n) is 8.38. The molecule has 2 heterocycles. The minimum atomic E-state index is -0.491. The molecule has 138 valence electrons. The molecule has 1 aromatic carbocycles. The van der Waals surface area contributed by atoms with Gasteiger partial charge in [0.2, 0.25) is 11.8 Å². The molecule has 1 aromatic heterocycles. The molecule has 1 aliphatic rings. The molecule has 2 aromatic rings. The second-order valence-corrected chi connectivity index (χ2v) is 5.99. The lowest BCUT2D eigenvalue weighted by Crippen LogP contribution is -2.51.